The highest BCUT2D eigenvalue weighted by atomic mass is 19.1. The molecule has 1 N–H and O–H groups in total. The summed E-state index contributed by atoms with van der Waals surface area (Å²) in [4.78, 5) is 17.0. The first-order valence-corrected chi connectivity index (χ1v) is 6.51. The van der Waals surface area contributed by atoms with Crippen molar-refractivity contribution in [2.45, 2.75) is 18.6 Å². The Hall–Kier alpha value is -1.73. The number of piperidine rings is 1. The van der Waals surface area contributed by atoms with E-state index in [-0.39, 0.29) is 11.4 Å². The summed E-state index contributed by atoms with van der Waals surface area (Å²) in [6.45, 7) is 2.13. The van der Waals surface area contributed by atoms with Gasteiger partial charge in [-0.2, -0.15) is 0 Å². The normalized spacial score (nSPS) is 21.4. The van der Waals surface area contributed by atoms with Crippen LogP contribution in [0.25, 0.3) is 0 Å². The smallest absolute Gasteiger partial charge is 0.339 e. The van der Waals surface area contributed by atoms with Crippen molar-refractivity contribution in [2.75, 3.05) is 31.2 Å². The molecule has 3 rings (SSSR count). The molecule has 0 radical (unpaired) electrons. The van der Waals surface area contributed by atoms with Crippen molar-refractivity contribution in [1.29, 1.82) is 0 Å². The molecule has 108 valence electrons. The van der Waals surface area contributed by atoms with Crippen LogP contribution in [-0.2, 0) is 9.47 Å². The van der Waals surface area contributed by atoms with E-state index in [4.69, 9.17) is 9.47 Å². The highest BCUT2D eigenvalue weighted by Gasteiger charge is 2.41. The average Bonchev–Trinajstić information content (AvgIpc) is 2.86. The molecule has 20 heavy (non-hydrogen) atoms. The molecule has 1 spiro atoms. The van der Waals surface area contributed by atoms with Gasteiger partial charge in [-0.3, -0.25) is 0 Å². The number of aromatic carboxylic acids is 1. The molecule has 2 aliphatic heterocycles. The minimum Gasteiger partial charge on any atom is -0.478 e. The number of halogens is 1. The molecule has 0 aromatic carbocycles. The third-order valence-corrected chi connectivity index (χ3v) is 3.59. The number of ether oxygens (including phenoxy) is 2. The Morgan fingerprint density at radius 3 is 2.90 bits per heavy atom. The molecule has 0 aliphatic carbocycles. The van der Waals surface area contributed by atoms with Crippen molar-refractivity contribution in [3.63, 3.8) is 0 Å². The van der Waals surface area contributed by atoms with Gasteiger partial charge in [0.05, 0.1) is 26.0 Å². The van der Waals surface area contributed by atoms with Crippen molar-refractivity contribution in [2.24, 2.45) is 0 Å². The summed E-state index contributed by atoms with van der Waals surface area (Å²) in [6, 6.07) is 0.988. The lowest BCUT2D eigenvalue weighted by Gasteiger charge is -2.39. The zero-order chi connectivity index (χ0) is 14.2. The van der Waals surface area contributed by atoms with Gasteiger partial charge in [-0.25, -0.2) is 14.2 Å². The van der Waals surface area contributed by atoms with Gasteiger partial charge in [0.2, 0.25) is 0 Å². The maximum Gasteiger partial charge on any atom is 0.339 e. The van der Waals surface area contributed by atoms with E-state index >= 15 is 0 Å². The van der Waals surface area contributed by atoms with Gasteiger partial charge in [-0.1, -0.05) is 0 Å². The Labute approximate surface area is 115 Å². The quantitative estimate of drug-likeness (QED) is 0.880. The highest BCUT2D eigenvalue weighted by molar-refractivity contribution is 5.93. The lowest BCUT2D eigenvalue weighted by atomic mass is 10.0. The molecular weight excluding hydrogens is 267 g/mol. The van der Waals surface area contributed by atoms with Crippen LogP contribution in [0.2, 0.25) is 0 Å². The number of nitrogens with zero attached hydrogens (tertiary/aromatic N) is 2. The molecule has 0 saturated carbocycles. The van der Waals surface area contributed by atoms with Gasteiger partial charge in [-0.05, 0) is 12.5 Å². The molecule has 2 aliphatic rings. The molecule has 0 bridgehead atoms. The lowest BCUT2D eigenvalue weighted by molar-refractivity contribution is -0.161. The summed E-state index contributed by atoms with van der Waals surface area (Å²) in [5.41, 5.74) is -0.139. The van der Waals surface area contributed by atoms with Crippen LogP contribution in [0.5, 0.6) is 0 Å². The van der Waals surface area contributed by atoms with Crippen LogP contribution in [0.1, 0.15) is 23.2 Å². The fourth-order valence-corrected chi connectivity index (χ4v) is 2.74. The molecule has 3 heterocycles. The highest BCUT2D eigenvalue weighted by Crippen LogP contribution is 2.33. The van der Waals surface area contributed by atoms with E-state index < -0.39 is 17.6 Å². The van der Waals surface area contributed by atoms with Gasteiger partial charge < -0.3 is 19.5 Å². The monoisotopic (exact) mass is 282 g/mol. The number of carboxylic acids is 1. The number of hydrogen-bond donors (Lipinski definition) is 1. The summed E-state index contributed by atoms with van der Waals surface area (Å²) in [5.74, 6) is -2.27. The SMILES string of the molecule is O=C(O)c1cc(F)cnc1N1CCCC2(C1)OCCO2. The van der Waals surface area contributed by atoms with Gasteiger partial charge in [0.1, 0.15) is 17.2 Å². The maximum absolute atomic E-state index is 13.2. The fourth-order valence-electron chi connectivity index (χ4n) is 2.74. The predicted octanol–water partition coefficient (Wildman–Crippen LogP) is 1.26. The number of pyridine rings is 1. The van der Waals surface area contributed by atoms with E-state index in [2.05, 4.69) is 4.98 Å². The number of anilines is 1. The van der Waals surface area contributed by atoms with Crippen LogP contribution in [0.15, 0.2) is 12.3 Å². The van der Waals surface area contributed by atoms with Crippen LogP contribution in [0.3, 0.4) is 0 Å². The van der Waals surface area contributed by atoms with Crippen LogP contribution in [0.4, 0.5) is 10.2 Å². The zero-order valence-corrected chi connectivity index (χ0v) is 10.8. The molecule has 0 atom stereocenters. The summed E-state index contributed by atoms with van der Waals surface area (Å²) in [7, 11) is 0. The lowest BCUT2D eigenvalue weighted by Crippen LogP contribution is -2.49. The van der Waals surface area contributed by atoms with E-state index in [1.54, 1.807) is 4.90 Å². The van der Waals surface area contributed by atoms with E-state index in [1.807, 2.05) is 0 Å². The predicted molar refractivity (Wildman–Crippen MR) is 67.2 cm³/mol. The van der Waals surface area contributed by atoms with Gasteiger partial charge in [-0.15, -0.1) is 0 Å². The molecular formula is C13H15FN2O4. The zero-order valence-electron chi connectivity index (χ0n) is 10.8. The van der Waals surface area contributed by atoms with Crippen LogP contribution >= 0.6 is 0 Å². The van der Waals surface area contributed by atoms with Gasteiger partial charge in [0.15, 0.2) is 5.79 Å². The largest absolute Gasteiger partial charge is 0.478 e. The Bertz CT molecular complexity index is 531. The number of aromatic nitrogens is 1. The second-order valence-electron chi connectivity index (χ2n) is 4.96. The van der Waals surface area contributed by atoms with E-state index in [1.165, 1.54) is 0 Å². The summed E-state index contributed by atoms with van der Waals surface area (Å²) < 4.78 is 24.5. The average molecular weight is 282 g/mol. The van der Waals surface area contributed by atoms with E-state index in [0.29, 0.717) is 26.3 Å². The minimum absolute atomic E-state index is 0.139. The first-order valence-electron chi connectivity index (χ1n) is 6.51. The number of carbonyl (C=O) groups is 1. The summed E-state index contributed by atoms with van der Waals surface area (Å²) in [5, 5.41) is 9.18. The topological polar surface area (TPSA) is 71.9 Å². The molecule has 1 aromatic heterocycles. The molecule has 7 heteroatoms. The standard InChI is InChI=1S/C13H15FN2O4/c14-9-6-10(12(17)18)11(15-7-9)16-3-1-2-13(8-16)19-4-5-20-13/h6-7H,1-5,8H2,(H,17,18). The molecule has 6 nitrogen and oxygen atoms in total. The molecule has 2 fully saturated rings. The third-order valence-electron chi connectivity index (χ3n) is 3.59. The van der Waals surface area contributed by atoms with Gasteiger partial charge >= 0.3 is 5.97 Å². The van der Waals surface area contributed by atoms with Crippen LogP contribution in [0, 0.1) is 5.82 Å². The Morgan fingerprint density at radius 1 is 1.45 bits per heavy atom. The van der Waals surface area contributed by atoms with E-state index in [9.17, 15) is 14.3 Å². The summed E-state index contributed by atoms with van der Waals surface area (Å²) in [6.07, 6.45) is 2.60. The van der Waals surface area contributed by atoms with Gasteiger partial charge in [0.25, 0.3) is 0 Å². The molecule has 1 aromatic rings. The second-order valence-corrected chi connectivity index (χ2v) is 4.96. The van der Waals surface area contributed by atoms with Crippen molar-refractivity contribution in [3.05, 3.63) is 23.6 Å². The maximum atomic E-state index is 13.2. The van der Waals surface area contributed by atoms with Crippen molar-refractivity contribution in [3.8, 4) is 0 Å². The third kappa shape index (κ3) is 2.34. The fraction of sp³-hybridized carbons (Fsp3) is 0.538. The Kier molecular flexibility index (Phi) is 3.31. The van der Waals surface area contributed by atoms with Crippen LogP contribution in [-0.4, -0.2) is 48.2 Å². The van der Waals surface area contributed by atoms with Gasteiger partial charge in [0, 0.05) is 13.0 Å². The Balaban J connectivity index is 1.90. The summed E-state index contributed by atoms with van der Waals surface area (Å²) >= 11 is 0. The van der Waals surface area contributed by atoms with Crippen molar-refractivity contribution < 1.29 is 23.8 Å². The first-order chi connectivity index (χ1) is 9.60. The van der Waals surface area contributed by atoms with Crippen molar-refractivity contribution >= 4 is 11.8 Å². The molecule has 0 amide bonds. The minimum atomic E-state index is -1.19. The number of carboxylic acid groups (broad SMARTS) is 1. The number of hydrogen-bond acceptors (Lipinski definition) is 5. The molecule has 0 unspecified atom stereocenters. The van der Waals surface area contributed by atoms with Crippen molar-refractivity contribution in [1.82, 2.24) is 4.98 Å². The molecule has 2 saturated heterocycles. The van der Waals surface area contributed by atoms with E-state index in [0.717, 1.165) is 25.1 Å². The second kappa shape index (κ2) is 4.99. The first kappa shape index (κ1) is 13.3. The van der Waals surface area contributed by atoms with Crippen LogP contribution < -0.4 is 4.90 Å². The number of rotatable bonds is 2. The Morgan fingerprint density at radius 2 is 2.20 bits per heavy atom.